The molecule has 1 unspecified atom stereocenters. The smallest absolute Gasteiger partial charge is 0.332 e. The van der Waals surface area contributed by atoms with Gasteiger partial charge in [0, 0.05) is 31.7 Å². The number of carboxylic acids is 1. The number of urea groups is 1. The zero-order valence-corrected chi connectivity index (χ0v) is 10.4. The van der Waals surface area contributed by atoms with E-state index in [-0.39, 0.29) is 24.5 Å². The van der Waals surface area contributed by atoms with Crippen molar-refractivity contribution in [2.75, 3.05) is 19.8 Å². The van der Waals surface area contributed by atoms with Crippen LogP contribution in [-0.4, -0.2) is 53.6 Å². The summed E-state index contributed by atoms with van der Waals surface area (Å²) in [7, 11) is 0. The van der Waals surface area contributed by atoms with Crippen LogP contribution >= 0.6 is 0 Å². The number of carbonyl (C=O) groups excluding carboxylic acids is 1. The molecule has 2 amide bonds. The van der Waals surface area contributed by atoms with Crippen LogP contribution < -0.4 is 10.6 Å². The lowest BCUT2D eigenvalue weighted by Gasteiger charge is -2.34. The molecule has 7 nitrogen and oxygen atoms in total. The van der Waals surface area contributed by atoms with Crippen molar-refractivity contribution in [3.63, 3.8) is 0 Å². The van der Waals surface area contributed by atoms with Gasteiger partial charge in [-0.05, 0) is 19.8 Å². The Hall–Kier alpha value is -1.34. The van der Waals surface area contributed by atoms with Crippen molar-refractivity contribution in [2.45, 2.75) is 37.8 Å². The van der Waals surface area contributed by atoms with Gasteiger partial charge in [0.05, 0.1) is 0 Å². The zero-order valence-electron chi connectivity index (χ0n) is 10.4. The lowest BCUT2D eigenvalue weighted by Crippen LogP contribution is -2.53. The number of carboxylic acid groups (broad SMARTS) is 1. The predicted octanol–water partition coefficient (Wildman–Crippen LogP) is -0.310. The fraction of sp³-hybridized carbons (Fsp3) is 0.818. The monoisotopic (exact) mass is 260 g/mol. The van der Waals surface area contributed by atoms with Crippen LogP contribution in [0.1, 0.15) is 26.2 Å². The molecule has 1 aliphatic rings. The highest BCUT2D eigenvalue weighted by atomic mass is 16.5. The first kappa shape index (κ1) is 14.7. The summed E-state index contributed by atoms with van der Waals surface area (Å²) in [5.74, 6) is -1.28. The van der Waals surface area contributed by atoms with Crippen molar-refractivity contribution >= 4 is 12.0 Å². The molecule has 1 saturated heterocycles. The maximum atomic E-state index is 11.6. The van der Waals surface area contributed by atoms with Gasteiger partial charge in [-0.3, -0.25) is 0 Å². The molecule has 104 valence electrons. The number of aliphatic carboxylic acids is 1. The van der Waals surface area contributed by atoms with Crippen molar-refractivity contribution in [1.82, 2.24) is 10.6 Å². The highest BCUT2D eigenvalue weighted by Gasteiger charge is 2.28. The van der Waals surface area contributed by atoms with Gasteiger partial charge in [0.15, 0.2) is 6.10 Å². The summed E-state index contributed by atoms with van der Waals surface area (Å²) >= 11 is 0. The third kappa shape index (κ3) is 4.89. The summed E-state index contributed by atoms with van der Waals surface area (Å²) in [6, 6.07) is -0.350. The predicted molar refractivity (Wildman–Crippen MR) is 63.3 cm³/mol. The maximum absolute atomic E-state index is 11.6. The third-order valence-corrected chi connectivity index (χ3v) is 3.00. The fourth-order valence-electron chi connectivity index (χ4n) is 1.71. The normalized spacial score (nSPS) is 19.9. The Bertz CT molecular complexity index is 302. The lowest BCUT2D eigenvalue weighted by molar-refractivity contribution is -0.146. The fourth-order valence-corrected chi connectivity index (χ4v) is 1.71. The molecule has 0 spiro atoms. The molecule has 0 radical (unpaired) electrons. The van der Waals surface area contributed by atoms with E-state index in [1.54, 1.807) is 0 Å². The van der Waals surface area contributed by atoms with Gasteiger partial charge >= 0.3 is 12.0 Å². The van der Waals surface area contributed by atoms with Gasteiger partial charge < -0.3 is 25.6 Å². The van der Waals surface area contributed by atoms with E-state index in [1.165, 1.54) is 0 Å². The van der Waals surface area contributed by atoms with E-state index in [0.29, 0.717) is 13.2 Å². The largest absolute Gasteiger partial charge is 0.479 e. The number of nitrogens with one attached hydrogen (secondary N) is 2. The molecule has 0 aromatic rings. The summed E-state index contributed by atoms with van der Waals surface area (Å²) < 4.78 is 5.22. The second-order valence-electron chi connectivity index (χ2n) is 4.70. The van der Waals surface area contributed by atoms with E-state index < -0.39 is 12.1 Å². The molecule has 18 heavy (non-hydrogen) atoms. The van der Waals surface area contributed by atoms with Crippen LogP contribution in [0.5, 0.6) is 0 Å². The van der Waals surface area contributed by atoms with Gasteiger partial charge in [-0.1, -0.05) is 0 Å². The summed E-state index contributed by atoms with van der Waals surface area (Å²) in [6.45, 7) is 3.30. The first-order valence-corrected chi connectivity index (χ1v) is 5.97. The number of hydrogen-bond acceptors (Lipinski definition) is 4. The van der Waals surface area contributed by atoms with Crippen molar-refractivity contribution in [1.29, 1.82) is 0 Å². The van der Waals surface area contributed by atoms with Crippen LogP contribution in [0.4, 0.5) is 4.79 Å². The molecule has 0 bridgehead atoms. The molecule has 1 fully saturated rings. The van der Waals surface area contributed by atoms with Crippen LogP contribution in [0, 0.1) is 0 Å². The van der Waals surface area contributed by atoms with Crippen molar-refractivity contribution in [2.24, 2.45) is 0 Å². The number of carbonyl (C=O) groups is 2. The van der Waals surface area contributed by atoms with Crippen LogP contribution in [0.2, 0.25) is 0 Å². The standard InChI is InChI=1S/C11H20N2O5/c1-11(3-6-18-7-4-11)13-10(17)12-5-2-8(14)9(15)16/h8,14H,2-7H2,1H3,(H,15,16)(H2,12,13,17). The summed E-state index contributed by atoms with van der Waals surface area (Å²) in [6.07, 6.45) is 0.0443. The van der Waals surface area contributed by atoms with Crippen LogP contribution in [0.15, 0.2) is 0 Å². The first-order valence-electron chi connectivity index (χ1n) is 5.97. The van der Waals surface area contributed by atoms with E-state index in [1.807, 2.05) is 6.92 Å². The van der Waals surface area contributed by atoms with Gasteiger partial charge in [0.1, 0.15) is 0 Å². The average Bonchev–Trinajstić information content (AvgIpc) is 2.28. The van der Waals surface area contributed by atoms with E-state index in [2.05, 4.69) is 10.6 Å². The zero-order chi connectivity index (χ0) is 13.6. The Morgan fingerprint density at radius 1 is 1.39 bits per heavy atom. The van der Waals surface area contributed by atoms with Crippen LogP contribution in [-0.2, 0) is 9.53 Å². The van der Waals surface area contributed by atoms with Gasteiger partial charge in [0.2, 0.25) is 0 Å². The van der Waals surface area contributed by atoms with Crippen LogP contribution in [0.25, 0.3) is 0 Å². The second-order valence-corrected chi connectivity index (χ2v) is 4.70. The molecule has 0 aromatic carbocycles. The SMILES string of the molecule is CC1(NC(=O)NCCC(O)C(=O)O)CCOCC1. The quantitative estimate of drug-likeness (QED) is 0.542. The molecule has 1 heterocycles. The van der Waals surface area contributed by atoms with Crippen molar-refractivity contribution in [3.05, 3.63) is 0 Å². The summed E-state index contributed by atoms with van der Waals surface area (Å²) in [5.41, 5.74) is -0.284. The summed E-state index contributed by atoms with van der Waals surface area (Å²) in [4.78, 5) is 21.9. The number of aliphatic hydroxyl groups excluding tert-OH is 1. The Balaban J connectivity index is 2.22. The van der Waals surface area contributed by atoms with Gasteiger partial charge in [0.25, 0.3) is 0 Å². The molecule has 1 aliphatic heterocycles. The number of amides is 2. The maximum Gasteiger partial charge on any atom is 0.332 e. The van der Waals surface area contributed by atoms with E-state index in [9.17, 15) is 9.59 Å². The molecule has 1 rings (SSSR count). The van der Waals surface area contributed by atoms with E-state index >= 15 is 0 Å². The third-order valence-electron chi connectivity index (χ3n) is 3.00. The molecule has 7 heteroatoms. The Kier molecular flexibility index (Phi) is 5.36. The first-order chi connectivity index (χ1) is 8.43. The number of hydrogen-bond donors (Lipinski definition) is 4. The lowest BCUT2D eigenvalue weighted by atomic mass is 9.93. The topological polar surface area (TPSA) is 108 Å². The van der Waals surface area contributed by atoms with Crippen molar-refractivity contribution in [3.8, 4) is 0 Å². The van der Waals surface area contributed by atoms with Crippen LogP contribution in [0.3, 0.4) is 0 Å². The molecular formula is C11H20N2O5. The molecule has 0 aromatic heterocycles. The highest BCUT2D eigenvalue weighted by molar-refractivity contribution is 5.75. The Morgan fingerprint density at radius 2 is 2.00 bits per heavy atom. The van der Waals surface area contributed by atoms with Crippen molar-refractivity contribution < 1.29 is 24.5 Å². The van der Waals surface area contributed by atoms with E-state index in [4.69, 9.17) is 14.9 Å². The summed E-state index contributed by atoms with van der Waals surface area (Å²) in [5, 5.41) is 22.8. The Morgan fingerprint density at radius 3 is 2.56 bits per heavy atom. The minimum absolute atomic E-state index is 0.0113. The number of aliphatic hydroxyl groups is 1. The highest BCUT2D eigenvalue weighted by Crippen LogP contribution is 2.19. The number of ether oxygens (including phenoxy) is 1. The molecule has 4 N–H and O–H groups in total. The number of rotatable bonds is 5. The minimum atomic E-state index is -1.44. The second kappa shape index (κ2) is 6.55. The average molecular weight is 260 g/mol. The van der Waals surface area contributed by atoms with Gasteiger partial charge in [-0.2, -0.15) is 0 Å². The molecule has 1 atom stereocenters. The van der Waals surface area contributed by atoms with E-state index in [0.717, 1.165) is 12.8 Å². The molecular weight excluding hydrogens is 240 g/mol. The minimum Gasteiger partial charge on any atom is -0.479 e. The molecule has 0 aliphatic carbocycles. The van der Waals surface area contributed by atoms with Gasteiger partial charge in [-0.15, -0.1) is 0 Å². The Labute approximate surface area is 106 Å². The van der Waals surface area contributed by atoms with Gasteiger partial charge in [-0.25, -0.2) is 9.59 Å². The molecule has 0 saturated carbocycles.